The Bertz CT molecular complexity index is 269. The van der Waals surface area contributed by atoms with Crippen LogP contribution < -0.4 is 10.0 Å². The smallest absolute Gasteiger partial charge is 0.125 e. The Labute approximate surface area is 70.0 Å². The zero-order valence-corrected chi connectivity index (χ0v) is 8.29. The summed E-state index contributed by atoms with van der Waals surface area (Å²) in [5.41, 5.74) is 2.40. The third-order valence-corrected chi connectivity index (χ3v) is 2.47. The summed E-state index contributed by atoms with van der Waals surface area (Å²) < 4.78 is 5.24. The minimum absolute atomic E-state index is 0.998. The van der Waals surface area contributed by atoms with Crippen LogP contribution in [-0.4, -0.2) is 7.11 Å². The fourth-order valence-corrected chi connectivity index (χ4v) is 1.38. The van der Waals surface area contributed by atoms with Gasteiger partial charge in [-0.1, -0.05) is 12.1 Å². The number of aryl methyl sites for hydroxylation is 1. The van der Waals surface area contributed by atoms with E-state index >= 15 is 0 Å². The van der Waals surface area contributed by atoms with Gasteiger partial charge in [-0.05, 0) is 30.3 Å². The first-order valence-electron chi connectivity index (χ1n) is 3.56. The van der Waals surface area contributed by atoms with E-state index < -0.39 is 0 Å². The summed E-state index contributed by atoms with van der Waals surface area (Å²) in [5.74, 6) is 0.998. The first-order valence-corrected chi connectivity index (χ1v) is 4.14. The summed E-state index contributed by atoms with van der Waals surface area (Å²) in [6.45, 7) is 4.12. The van der Waals surface area contributed by atoms with Crippen LogP contribution in [0.15, 0.2) is 12.1 Å². The number of benzene rings is 1. The predicted molar refractivity (Wildman–Crippen MR) is 51.8 cm³/mol. The van der Waals surface area contributed by atoms with Crippen LogP contribution in [0.5, 0.6) is 5.75 Å². The van der Waals surface area contributed by atoms with E-state index in [-0.39, 0.29) is 0 Å². The van der Waals surface area contributed by atoms with E-state index in [0.29, 0.717) is 0 Å². The Morgan fingerprint density at radius 1 is 1.27 bits per heavy atom. The highest BCUT2D eigenvalue weighted by molar-refractivity contribution is 7.27. The van der Waals surface area contributed by atoms with Gasteiger partial charge in [0.1, 0.15) is 5.75 Å². The van der Waals surface area contributed by atoms with Gasteiger partial charge in [0.2, 0.25) is 0 Å². The molecule has 1 atom stereocenters. The first kappa shape index (κ1) is 8.55. The Hall–Kier alpha value is -0.550. The van der Waals surface area contributed by atoms with Crippen LogP contribution in [0.2, 0.25) is 0 Å². The third kappa shape index (κ3) is 1.54. The van der Waals surface area contributed by atoms with Gasteiger partial charge in [-0.3, -0.25) is 0 Å². The van der Waals surface area contributed by atoms with E-state index in [1.165, 1.54) is 16.4 Å². The van der Waals surface area contributed by atoms with Crippen molar-refractivity contribution in [1.29, 1.82) is 0 Å². The number of methoxy groups -OCH3 is 1. The van der Waals surface area contributed by atoms with Crippen molar-refractivity contribution in [2.24, 2.45) is 0 Å². The van der Waals surface area contributed by atoms with E-state index in [4.69, 9.17) is 4.74 Å². The maximum atomic E-state index is 5.24. The summed E-state index contributed by atoms with van der Waals surface area (Å²) in [7, 11) is 4.40. The first-order chi connectivity index (χ1) is 5.16. The summed E-state index contributed by atoms with van der Waals surface area (Å²) in [6, 6.07) is 4.14. The molecule has 0 N–H and O–H groups in total. The van der Waals surface area contributed by atoms with Crippen LogP contribution in [0.3, 0.4) is 0 Å². The second-order valence-corrected chi connectivity index (χ2v) is 3.25. The van der Waals surface area contributed by atoms with Gasteiger partial charge in [-0.2, -0.15) is 0 Å². The summed E-state index contributed by atoms with van der Waals surface area (Å²) >= 11 is 0. The molecule has 0 bridgehead atoms. The van der Waals surface area contributed by atoms with E-state index in [1.54, 1.807) is 7.11 Å². The van der Waals surface area contributed by atoms with E-state index in [9.17, 15) is 0 Å². The van der Waals surface area contributed by atoms with Gasteiger partial charge in [0.25, 0.3) is 0 Å². The van der Waals surface area contributed by atoms with Crippen molar-refractivity contribution in [2.75, 3.05) is 7.11 Å². The Morgan fingerprint density at radius 2 is 1.91 bits per heavy atom. The molecule has 2 heteroatoms. The van der Waals surface area contributed by atoms with Gasteiger partial charge in [0, 0.05) is 0 Å². The van der Waals surface area contributed by atoms with Gasteiger partial charge in [0.15, 0.2) is 0 Å². The molecule has 60 valence electrons. The molecule has 0 aromatic heterocycles. The van der Waals surface area contributed by atoms with Gasteiger partial charge >= 0.3 is 0 Å². The minimum Gasteiger partial charge on any atom is -0.496 e. The van der Waals surface area contributed by atoms with Crippen LogP contribution in [0.25, 0.3) is 0 Å². The molecular weight excluding hydrogens is 155 g/mol. The standard InChI is InChI=1S/C9H13OP/c1-6-4-5-8(11)7(2)9(6)10-3/h4-5H,11H2,1-3H3. The molecule has 0 amide bonds. The normalized spacial score (nSPS) is 9.82. The van der Waals surface area contributed by atoms with Crippen molar-refractivity contribution in [3.05, 3.63) is 23.3 Å². The SMILES string of the molecule is COc1c(C)ccc(P)c1C. The number of hydrogen-bond acceptors (Lipinski definition) is 1. The van der Waals surface area contributed by atoms with Crippen LogP contribution in [-0.2, 0) is 0 Å². The summed E-state index contributed by atoms with van der Waals surface area (Å²) in [4.78, 5) is 0. The molecule has 1 aromatic rings. The molecular formula is C9H13OP. The predicted octanol–water partition coefficient (Wildman–Crippen LogP) is 1.81. The average molecular weight is 168 g/mol. The molecule has 11 heavy (non-hydrogen) atoms. The molecule has 1 rings (SSSR count). The zero-order chi connectivity index (χ0) is 8.43. The fourth-order valence-electron chi connectivity index (χ4n) is 1.16. The van der Waals surface area contributed by atoms with E-state index in [1.807, 2.05) is 0 Å². The third-order valence-electron chi connectivity index (χ3n) is 1.85. The van der Waals surface area contributed by atoms with E-state index in [0.717, 1.165) is 5.75 Å². The molecule has 0 saturated heterocycles. The Kier molecular flexibility index (Phi) is 2.51. The molecule has 0 aliphatic heterocycles. The van der Waals surface area contributed by atoms with Crippen molar-refractivity contribution in [3.8, 4) is 5.75 Å². The maximum Gasteiger partial charge on any atom is 0.125 e. The Balaban J connectivity index is 3.29. The van der Waals surface area contributed by atoms with Crippen LogP contribution in [0.4, 0.5) is 0 Å². The van der Waals surface area contributed by atoms with Crippen LogP contribution >= 0.6 is 9.24 Å². The summed E-state index contributed by atoms with van der Waals surface area (Å²) in [5, 5.41) is 1.20. The highest BCUT2D eigenvalue weighted by Crippen LogP contribution is 2.21. The van der Waals surface area contributed by atoms with Gasteiger partial charge in [-0.15, -0.1) is 9.24 Å². The Morgan fingerprint density at radius 3 is 2.36 bits per heavy atom. The minimum atomic E-state index is 0.998. The lowest BCUT2D eigenvalue weighted by Crippen LogP contribution is -2.01. The molecule has 0 heterocycles. The van der Waals surface area contributed by atoms with Crippen LogP contribution in [0.1, 0.15) is 11.1 Å². The van der Waals surface area contributed by atoms with Gasteiger partial charge < -0.3 is 4.74 Å². The summed E-state index contributed by atoms with van der Waals surface area (Å²) in [6.07, 6.45) is 0. The fraction of sp³-hybridized carbons (Fsp3) is 0.333. The second kappa shape index (κ2) is 3.23. The maximum absolute atomic E-state index is 5.24. The molecule has 1 aromatic carbocycles. The zero-order valence-electron chi connectivity index (χ0n) is 7.14. The van der Waals surface area contributed by atoms with Crippen molar-refractivity contribution in [1.82, 2.24) is 0 Å². The molecule has 0 aliphatic rings. The molecule has 1 unspecified atom stereocenters. The number of rotatable bonds is 1. The average Bonchev–Trinajstić information content (AvgIpc) is 1.99. The lowest BCUT2D eigenvalue weighted by atomic mass is 10.1. The number of hydrogen-bond donors (Lipinski definition) is 0. The molecule has 0 spiro atoms. The highest BCUT2D eigenvalue weighted by atomic mass is 31.0. The lowest BCUT2D eigenvalue weighted by molar-refractivity contribution is 0.409. The van der Waals surface area contributed by atoms with E-state index in [2.05, 4.69) is 35.2 Å². The van der Waals surface area contributed by atoms with Crippen LogP contribution in [0, 0.1) is 13.8 Å². The van der Waals surface area contributed by atoms with Crippen molar-refractivity contribution < 1.29 is 4.74 Å². The van der Waals surface area contributed by atoms with Crippen molar-refractivity contribution in [3.63, 3.8) is 0 Å². The van der Waals surface area contributed by atoms with Crippen molar-refractivity contribution in [2.45, 2.75) is 13.8 Å². The largest absolute Gasteiger partial charge is 0.496 e. The van der Waals surface area contributed by atoms with Gasteiger partial charge in [-0.25, -0.2) is 0 Å². The molecule has 0 aliphatic carbocycles. The second-order valence-electron chi connectivity index (χ2n) is 2.63. The topological polar surface area (TPSA) is 9.23 Å². The lowest BCUT2D eigenvalue weighted by Gasteiger charge is -2.09. The van der Waals surface area contributed by atoms with Gasteiger partial charge in [0.05, 0.1) is 7.11 Å². The molecule has 0 saturated carbocycles. The van der Waals surface area contributed by atoms with Crippen molar-refractivity contribution >= 4 is 14.5 Å². The molecule has 0 radical (unpaired) electrons. The quantitative estimate of drug-likeness (QED) is 0.581. The molecule has 0 fully saturated rings. The highest BCUT2D eigenvalue weighted by Gasteiger charge is 2.03. The molecule has 1 nitrogen and oxygen atoms in total. The monoisotopic (exact) mass is 168 g/mol. The number of ether oxygens (including phenoxy) is 1.